The summed E-state index contributed by atoms with van der Waals surface area (Å²) in [5, 5.41) is 10.9. The van der Waals surface area contributed by atoms with Gasteiger partial charge in [-0.05, 0) is 148 Å². The zero-order valence-corrected chi connectivity index (χ0v) is 55.4. The van der Waals surface area contributed by atoms with Crippen LogP contribution in [0.1, 0.15) is 20.3 Å². The van der Waals surface area contributed by atoms with Crippen molar-refractivity contribution in [3.05, 3.63) is 280 Å². The van der Waals surface area contributed by atoms with Crippen molar-refractivity contribution in [3.8, 4) is 66.8 Å². The van der Waals surface area contributed by atoms with Crippen LogP contribution in [-0.2, 0) is 48.5 Å². The van der Waals surface area contributed by atoms with Crippen LogP contribution in [0.4, 0.5) is 0 Å². The second-order valence-electron chi connectivity index (χ2n) is 22.3. The van der Waals surface area contributed by atoms with E-state index in [1.54, 1.807) is 24.5 Å². The number of aromatic nitrogens is 6. The van der Waals surface area contributed by atoms with Crippen molar-refractivity contribution in [1.82, 2.24) is 34.6 Å². The molecule has 0 spiro atoms. The van der Waals surface area contributed by atoms with Gasteiger partial charge in [-0.2, -0.15) is 0 Å². The molecule has 0 aliphatic carbocycles. The number of hydrogen-bond donors (Lipinski definition) is 1. The average Bonchev–Trinajstić information content (AvgIpc) is 0.805. The van der Waals surface area contributed by atoms with Crippen LogP contribution in [0.5, 0.6) is 0 Å². The molecule has 6 aromatic heterocycles. The molecule has 15 aromatic rings. The zero-order chi connectivity index (χ0) is 64.2. The number of ether oxygens (including phenoxy) is 1. The van der Waals surface area contributed by atoms with Gasteiger partial charge in [-0.3, -0.25) is 29.9 Å². The molecule has 0 amide bonds. The normalized spacial score (nSPS) is 11.4. The minimum absolute atomic E-state index is 0. The Bertz CT molecular complexity index is 4850. The molecule has 0 bridgehead atoms. The van der Waals surface area contributed by atoms with E-state index in [1.165, 1.54) is 51.6 Å². The minimum Gasteiger partial charge on any atom is -0.379 e. The number of sulfonamides is 1. The smallest absolute Gasteiger partial charge is 0.240 e. The molecule has 0 atom stereocenters. The Kier molecular flexibility index (Phi) is 20.9. The van der Waals surface area contributed by atoms with Crippen molar-refractivity contribution >= 4 is 87.5 Å². The van der Waals surface area contributed by atoms with E-state index in [-0.39, 0.29) is 30.5 Å². The summed E-state index contributed by atoms with van der Waals surface area (Å²) in [7, 11) is -2.25. The molecule has 470 valence electrons. The summed E-state index contributed by atoms with van der Waals surface area (Å²) in [5.74, 6) is 0. The van der Waals surface area contributed by atoms with Gasteiger partial charge in [0.1, 0.15) is 0 Å². The number of nitrogens with zero attached hydrogens (tertiary/aromatic N) is 6. The quantitative estimate of drug-likeness (QED) is 0.0229. The fraction of sp³-hybridized carbons (Fsp3) is 0.0886. The molecule has 0 aliphatic rings. The number of pyridine rings is 6. The van der Waals surface area contributed by atoms with E-state index in [1.807, 2.05) is 117 Å². The van der Waals surface area contributed by atoms with Crippen molar-refractivity contribution in [2.45, 2.75) is 36.2 Å². The largest absolute Gasteiger partial charge is 0.379 e. The number of hydrogen-bond acceptors (Lipinski definition) is 13. The van der Waals surface area contributed by atoms with E-state index in [0.717, 1.165) is 105 Å². The number of benzene rings is 9. The van der Waals surface area contributed by atoms with Crippen LogP contribution in [-0.4, -0.2) is 64.7 Å². The minimum atomic E-state index is -3.62. The summed E-state index contributed by atoms with van der Waals surface area (Å²) in [6, 6.07) is 81.5. The van der Waals surface area contributed by atoms with Gasteiger partial charge in [-0.15, -0.1) is 4.33 Å². The fourth-order valence-electron chi connectivity index (χ4n) is 11.7. The maximum Gasteiger partial charge on any atom is 0.240 e. The van der Waals surface area contributed by atoms with Crippen molar-refractivity contribution in [2.75, 3.05) is 20.3 Å². The van der Waals surface area contributed by atoms with E-state index in [2.05, 4.69) is 196 Å². The summed E-state index contributed by atoms with van der Waals surface area (Å²) < 4.78 is 38.5. The topological polar surface area (TPSA) is 160 Å². The predicted molar refractivity (Wildman–Crippen MR) is 380 cm³/mol. The number of nitrogens with one attached hydrogen (secondary N) is 1. The van der Waals surface area contributed by atoms with Gasteiger partial charge in [0.05, 0.1) is 63.3 Å². The van der Waals surface area contributed by atoms with Gasteiger partial charge in [-0.25, -0.2) is 18.0 Å². The van der Waals surface area contributed by atoms with Crippen LogP contribution in [0.25, 0.3) is 132 Å². The summed E-state index contributed by atoms with van der Waals surface area (Å²) in [4.78, 5) is 33.5. The molecule has 0 unspecified atom stereocenters. The third-order valence-corrected chi connectivity index (χ3v) is 18.2. The standard InChI is InChI=1S/C31H31N3O6S2.2C24H16N2.Ru/c1-21(2)38-20-4-17-34-42(35,36)25-11-7-23(8-12-25)27-16-19-33-31-29(27)14-13-28-26(15-18-32-30(28)31)22-5-9-24(10-6-22)41-40-39-37-3;2*1-3-7-17(8-4-1)19-13-15-25-23-21(19)11-12-22-20(14-16-26-24(22)23)18-9-5-2-6-10-18;/h5-16,18-19,21,34H,4,17,20H2,1-3H3;2*1-16H;. The molecule has 16 heteroatoms. The Morgan fingerprint density at radius 3 is 0.947 bits per heavy atom. The summed E-state index contributed by atoms with van der Waals surface area (Å²) in [6.07, 6.45) is 11.8. The molecule has 0 saturated heterocycles. The molecular weight excluding hydrogens is 1310 g/mol. The van der Waals surface area contributed by atoms with E-state index < -0.39 is 10.0 Å². The summed E-state index contributed by atoms with van der Waals surface area (Å²) in [6.45, 7) is 4.72. The molecular formula is C79H63N7O6RuS2. The fourth-order valence-corrected chi connectivity index (χ4v) is 13.2. The number of fused-ring (bicyclic) bond motifs is 9. The molecule has 1 N–H and O–H groups in total. The van der Waals surface area contributed by atoms with Crippen LogP contribution in [0.3, 0.4) is 0 Å². The Labute approximate surface area is 568 Å². The first kappa shape index (κ1) is 65.2. The molecule has 0 fully saturated rings. The van der Waals surface area contributed by atoms with Crippen LogP contribution < -0.4 is 4.72 Å². The second-order valence-corrected chi connectivity index (χ2v) is 24.8. The third kappa shape index (κ3) is 14.6. The van der Waals surface area contributed by atoms with Crippen molar-refractivity contribution < 1.29 is 46.9 Å². The zero-order valence-electron chi connectivity index (χ0n) is 52.1. The maximum atomic E-state index is 12.8. The van der Waals surface area contributed by atoms with Crippen LogP contribution in [0.2, 0.25) is 0 Å². The first-order valence-electron chi connectivity index (χ1n) is 30.8. The third-order valence-electron chi connectivity index (χ3n) is 16.1. The van der Waals surface area contributed by atoms with Crippen LogP contribution in [0.15, 0.2) is 290 Å². The molecule has 9 aromatic carbocycles. The molecule has 0 saturated carbocycles. The Hall–Kier alpha value is -9.84. The van der Waals surface area contributed by atoms with E-state index in [9.17, 15) is 8.42 Å². The predicted octanol–water partition coefficient (Wildman–Crippen LogP) is 19.0. The van der Waals surface area contributed by atoms with Gasteiger partial charge in [0.25, 0.3) is 0 Å². The van der Waals surface area contributed by atoms with Gasteiger partial charge in [-0.1, -0.05) is 187 Å². The first-order chi connectivity index (χ1) is 46.2. The summed E-state index contributed by atoms with van der Waals surface area (Å²) >= 11 is 1.05. The van der Waals surface area contributed by atoms with Crippen molar-refractivity contribution in [2.24, 2.45) is 0 Å². The van der Waals surface area contributed by atoms with Crippen LogP contribution in [0, 0.1) is 0 Å². The average molecular weight is 1370 g/mol. The maximum absolute atomic E-state index is 12.8. The molecule has 0 aliphatic heterocycles. The number of rotatable bonds is 17. The Morgan fingerprint density at radius 2 is 0.663 bits per heavy atom. The molecule has 13 nitrogen and oxygen atoms in total. The van der Waals surface area contributed by atoms with E-state index in [4.69, 9.17) is 9.07 Å². The Balaban J connectivity index is 0.000000142. The molecule has 95 heavy (non-hydrogen) atoms. The van der Waals surface area contributed by atoms with Gasteiger partial charge in [0, 0.05) is 107 Å². The van der Waals surface area contributed by atoms with E-state index >= 15 is 0 Å². The van der Waals surface area contributed by atoms with Crippen molar-refractivity contribution in [3.63, 3.8) is 0 Å². The van der Waals surface area contributed by atoms with Gasteiger partial charge < -0.3 is 4.74 Å². The molecule has 6 heterocycles. The molecule has 0 radical (unpaired) electrons. The van der Waals surface area contributed by atoms with Gasteiger partial charge in [0.15, 0.2) is 0 Å². The SMILES string of the molecule is COOOSc1ccc(-c2ccnc3c2ccc2c(-c4ccc(S(=O)(=O)NCCCOC(C)C)cc4)ccnc23)cc1.[Ru].c1ccc(-c2ccnc3c2ccc2c(-c4ccccc4)ccnc23)cc1.c1ccc(-c2ccnc3c2ccc2c(-c4ccccc4)ccnc23)cc1. The monoisotopic (exact) mass is 1370 g/mol. The molecule has 15 rings (SSSR count). The van der Waals surface area contributed by atoms with Gasteiger partial charge >= 0.3 is 0 Å². The Morgan fingerprint density at radius 1 is 0.379 bits per heavy atom. The first-order valence-corrected chi connectivity index (χ1v) is 33.0. The van der Waals surface area contributed by atoms with Crippen molar-refractivity contribution in [1.29, 1.82) is 0 Å². The van der Waals surface area contributed by atoms with E-state index in [0.29, 0.717) is 19.6 Å². The van der Waals surface area contributed by atoms with Crippen LogP contribution >= 0.6 is 12.0 Å². The summed E-state index contributed by atoms with van der Waals surface area (Å²) in [5.41, 5.74) is 18.7. The van der Waals surface area contributed by atoms with Gasteiger partial charge in [0.2, 0.25) is 10.0 Å². The second kappa shape index (κ2) is 30.5.